The SMILES string of the molecule is CC(C)N=C1NNC(C)C1C. The van der Waals surface area contributed by atoms with Gasteiger partial charge in [0.15, 0.2) is 0 Å². The summed E-state index contributed by atoms with van der Waals surface area (Å²) < 4.78 is 0. The molecule has 0 aromatic carbocycles. The molecule has 1 rings (SSSR count). The van der Waals surface area contributed by atoms with E-state index in [1.807, 2.05) is 0 Å². The van der Waals surface area contributed by atoms with Gasteiger partial charge < -0.3 is 5.43 Å². The first-order valence-electron chi connectivity index (χ1n) is 4.20. The maximum atomic E-state index is 4.45. The molecule has 0 spiro atoms. The molecule has 3 nitrogen and oxygen atoms in total. The smallest absolute Gasteiger partial charge is 0.115 e. The van der Waals surface area contributed by atoms with Gasteiger partial charge in [-0.2, -0.15) is 0 Å². The highest BCUT2D eigenvalue weighted by molar-refractivity contribution is 5.86. The summed E-state index contributed by atoms with van der Waals surface area (Å²) >= 11 is 0. The van der Waals surface area contributed by atoms with Crippen molar-refractivity contribution in [1.29, 1.82) is 0 Å². The molecule has 1 fully saturated rings. The maximum Gasteiger partial charge on any atom is 0.115 e. The van der Waals surface area contributed by atoms with Gasteiger partial charge in [0.1, 0.15) is 5.84 Å². The normalized spacial score (nSPS) is 34.8. The highest BCUT2D eigenvalue weighted by Gasteiger charge is 2.24. The van der Waals surface area contributed by atoms with Crippen LogP contribution in [0.1, 0.15) is 27.7 Å². The predicted molar refractivity (Wildman–Crippen MR) is 47.5 cm³/mol. The highest BCUT2D eigenvalue weighted by Crippen LogP contribution is 2.09. The summed E-state index contributed by atoms with van der Waals surface area (Å²) in [6.07, 6.45) is 0. The van der Waals surface area contributed by atoms with Crippen molar-refractivity contribution in [3.05, 3.63) is 0 Å². The maximum absolute atomic E-state index is 4.45. The average molecular weight is 155 g/mol. The minimum atomic E-state index is 0.382. The van der Waals surface area contributed by atoms with Gasteiger partial charge >= 0.3 is 0 Å². The average Bonchev–Trinajstić information content (AvgIpc) is 2.18. The molecule has 1 aliphatic rings. The lowest BCUT2D eigenvalue weighted by Crippen LogP contribution is -2.30. The lowest BCUT2D eigenvalue weighted by atomic mass is 10.1. The standard InChI is InChI=1S/C8H17N3/c1-5(2)9-8-6(3)7(4)10-11-8/h5-7,10H,1-4H3,(H,9,11). The van der Waals surface area contributed by atoms with Gasteiger partial charge in [0.2, 0.25) is 0 Å². The fraction of sp³-hybridized carbons (Fsp3) is 0.875. The van der Waals surface area contributed by atoms with Crippen molar-refractivity contribution >= 4 is 5.84 Å². The van der Waals surface area contributed by atoms with E-state index in [4.69, 9.17) is 0 Å². The molecule has 0 aliphatic carbocycles. The fourth-order valence-corrected chi connectivity index (χ4v) is 1.09. The van der Waals surface area contributed by atoms with E-state index in [1.54, 1.807) is 0 Å². The molecule has 0 radical (unpaired) electrons. The van der Waals surface area contributed by atoms with Gasteiger partial charge in [-0.25, -0.2) is 5.43 Å². The largest absolute Gasteiger partial charge is 0.309 e. The van der Waals surface area contributed by atoms with E-state index in [0.29, 0.717) is 18.0 Å². The Kier molecular flexibility index (Phi) is 2.49. The Labute approximate surface area is 68.3 Å². The van der Waals surface area contributed by atoms with E-state index in [1.165, 1.54) is 0 Å². The van der Waals surface area contributed by atoms with E-state index in [2.05, 4.69) is 43.5 Å². The van der Waals surface area contributed by atoms with Crippen LogP contribution in [0.5, 0.6) is 0 Å². The summed E-state index contributed by atoms with van der Waals surface area (Å²) in [4.78, 5) is 4.45. The van der Waals surface area contributed by atoms with Crippen LogP contribution in [0, 0.1) is 5.92 Å². The minimum absolute atomic E-state index is 0.382. The summed E-state index contributed by atoms with van der Waals surface area (Å²) in [7, 11) is 0. The van der Waals surface area contributed by atoms with Gasteiger partial charge in [0, 0.05) is 18.0 Å². The third-order valence-electron chi connectivity index (χ3n) is 2.01. The van der Waals surface area contributed by atoms with Gasteiger partial charge in [-0.1, -0.05) is 6.92 Å². The van der Waals surface area contributed by atoms with E-state index < -0.39 is 0 Å². The quantitative estimate of drug-likeness (QED) is 0.591. The summed E-state index contributed by atoms with van der Waals surface area (Å²) in [5.41, 5.74) is 6.23. The second kappa shape index (κ2) is 3.22. The van der Waals surface area contributed by atoms with Gasteiger partial charge in [0.25, 0.3) is 0 Å². The second-order valence-corrected chi connectivity index (χ2v) is 3.45. The molecular weight excluding hydrogens is 138 g/mol. The zero-order valence-corrected chi connectivity index (χ0v) is 7.68. The zero-order valence-electron chi connectivity index (χ0n) is 7.68. The number of aliphatic imine (C=N–C) groups is 1. The van der Waals surface area contributed by atoms with Crippen LogP contribution in [0.25, 0.3) is 0 Å². The molecule has 3 heteroatoms. The number of hydrazine groups is 1. The lowest BCUT2D eigenvalue weighted by molar-refractivity contribution is 0.532. The number of hydrogen-bond acceptors (Lipinski definition) is 2. The van der Waals surface area contributed by atoms with Crippen molar-refractivity contribution in [3.8, 4) is 0 Å². The lowest BCUT2D eigenvalue weighted by Gasteiger charge is -2.06. The van der Waals surface area contributed by atoms with Crippen LogP contribution < -0.4 is 10.9 Å². The van der Waals surface area contributed by atoms with Crippen LogP contribution in [-0.2, 0) is 0 Å². The molecule has 11 heavy (non-hydrogen) atoms. The van der Waals surface area contributed by atoms with Gasteiger partial charge in [-0.05, 0) is 20.8 Å². The Morgan fingerprint density at radius 2 is 2.00 bits per heavy atom. The van der Waals surface area contributed by atoms with Crippen molar-refractivity contribution in [2.75, 3.05) is 0 Å². The van der Waals surface area contributed by atoms with Crippen LogP contribution in [0.4, 0.5) is 0 Å². The van der Waals surface area contributed by atoms with Crippen LogP contribution in [-0.4, -0.2) is 17.9 Å². The number of rotatable bonds is 1. The molecule has 64 valence electrons. The van der Waals surface area contributed by atoms with Gasteiger partial charge in [-0.3, -0.25) is 4.99 Å². The summed E-state index contributed by atoms with van der Waals surface area (Å²) in [5, 5.41) is 0. The molecule has 0 bridgehead atoms. The van der Waals surface area contributed by atoms with Crippen molar-refractivity contribution in [2.45, 2.75) is 39.8 Å². The molecule has 0 amide bonds. The summed E-state index contributed by atoms with van der Waals surface area (Å²) in [6, 6.07) is 0.875. The summed E-state index contributed by atoms with van der Waals surface area (Å²) in [6.45, 7) is 8.51. The number of amidine groups is 1. The molecule has 0 aromatic rings. The third kappa shape index (κ3) is 1.93. The first-order chi connectivity index (χ1) is 5.11. The Morgan fingerprint density at radius 3 is 2.36 bits per heavy atom. The summed E-state index contributed by atoms with van der Waals surface area (Å²) in [5.74, 6) is 1.60. The van der Waals surface area contributed by atoms with Crippen LogP contribution in [0.15, 0.2) is 4.99 Å². The van der Waals surface area contributed by atoms with E-state index in [9.17, 15) is 0 Å². The Morgan fingerprint density at radius 1 is 1.36 bits per heavy atom. The zero-order chi connectivity index (χ0) is 8.43. The van der Waals surface area contributed by atoms with Crippen LogP contribution in [0.3, 0.4) is 0 Å². The van der Waals surface area contributed by atoms with E-state index >= 15 is 0 Å². The number of nitrogens with zero attached hydrogens (tertiary/aromatic N) is 1. The Bertz CT molecular complexity index is 163. The van der Waals surface area contributed by atoms with Crippen molar-refractivity contribution in [3.63, 3.8) is 0 Å². The molecule has 1 saturated heterocycles. The fourth-order valence-electron chi connectivity index (χ4n) is 1.09. The third-order valence-corrected chi connectivity index (χ3v) is 2.01. The molecular formula is C8H17N3. The first-order valence-corrected chi connectivity index (χ1v) is 4.20. The highest BCUT2D eigenvalue weighted by atomic mass is 15.4. The van der Waals surface area contributed by atoms with E-state index in [-0.39, 0.29) is 0 Å². The van der Waals surface area contributed by atoms with Crippen molar-refractivity contribution < 1.29 is 0 Å². The molecule has 2 atom stereocenters. The van der Waals surface area contributed by atoms with Gasteiger partial charge in [-0.15, -0.1) is 0 Å². The predicted octanol–water partition coefficient (Wildman–Crippen LogP) is 0.926. The van der Waals surface area contributed by atoms with Crippen LogP contribution in [0.2, 0.25) is 0 Å². The second-order valence-electron chi connectivity index (χ2n) is 3.45. The Hall–Kier alpha value is -0.570. The van der Waals surface area contributed by atoms with Crippen molar-refractivity contribution in [2.24, 2.45) is 10.9 Å². The van der Waals surface area contributed by atoms with E-state index in [0.717, 1.165) is 5.84 Å². The topological polar surface area (TPSA) is 36.4 Å². The number of hydrogen-bond donors (Lipinski definition) is 2. The van der Waals surface area contributed by atoms with Crippen molar-refractivity contribution in [1.82, 2.24) is 10.9 Å². The molecule has 2 unspecified atom stereocenters. The van der Waals surface area contributed by atoms with Crippen LogP contribution >= 0.6 is 0 Å². The first kappa shape index (κ1) is 8.53. The van der Waals surface area contributed by atoms with Gasteiger partial charge in [0.05, 0.1) is 0 Å². The molecule has 1 aliphatic heterocycles. The number of nitrogens with one attached hydrogen (secondary N) is 2. The molecule has 2 N–H and O–H groups in total. The molecule has 1 heterocycles. The minimum Gasteiger partial charge on any atom is -0.309 e. The molecule has 0 aromatic heterocycles. The molecule has 0 saturated carbocycles. The Balaban J connectivity index is 2.61. The monoisotopic (exact) mass is 155 g/mol.